The Hall–Kier alpha value is -8.41. The van der Waals surface area contributed by atoms with E-state index in [9.17, 15) is 0 Å². The Morgan fingerprint density at radius 2 is 1.25 bits per heavy atom. The molecule has 10 heteroatoms. The fourth-order valence-electron chi connectivity index (χ4n) is 7.54. The summed E-state index contributed by atoms with van der Waals surface area (Å²) in [4.78, 5) is 4.50. The first kappa shape index (κ1) is 37.5. The predicted octanol–water partition coefficient (Wildman–Crippen LogP) is 7.58. The van der Waals surface area contributed by atoms with E-state index in [1.165, 1.54) is 0 Å². The highest BCUT2D eigenvalue weighted by molar-refractivity contribution is 6.10. The number of aromatic nitrogens is 2. The van der Waals surface area contributed by atoms with Crippen LogP contribution in [0.2, 0.25) is 0 Å². The number of hydrogen-bond acceptors (Lipinski definition) is 8. The minimum atomic E-state index is 0.297. The van der Waals surface area contributed by atoms with Crippen molar-refractivity contribution in [2.24, 2.45) is 0 Å². The second kappa shape index (κ2) is 17.2. The van der Waals surface area contributed by atoms with Gasteiger partial charge in [0.05, 0.1) is 24.5 Å². The minimum absolute atomic E-state index is 0.297. The molecule has 7 aromatic rings. The first-order valence-electron chi connectivity index (χ1n) is 18.9. The van der Waals surface area contributed by atoms with E-state index in [1.807, 2.05) is 36.4 Å². The fraction of sp³-hybridized carbons (Fsp3) is 0.163. The van der Waals surface area contributed by atoms with E-state index in [2.05, 4.69) is 147 Å². The SMILES string of the molecule is CCN1C(=CC=Cc2n(CC)c3cc4oc5ccccc5c4cc3[n+]2CCOC#CC#CC#CO)N(CCOC#CC#CC#CO)c2cc3c(cc21)oc1ccccc13. The van der Waals surface area contributed by atoms with Crippen LogP contribution in [0.3, 0.4) is 0 Å². The number of benzene rings is 4. The molecule has 10 nitrogen and oxygen atoms in total. The number of rotatable bonds is 10. The smallest absolute Gasteiger partial charge is 0.282 e. The molecule has 1 aliphatic rings. The summed E-state index contributed by atoms with van der Waals surface area (Å²) in [5.74, 6) is 21.6. The quantitative estimate of drug-likeness (QED) is 0.0834. The lowest BCUT2D eigenvalue weighted by molar-refractivity contribution is -0.675. The number of hydrogen-bond donors (Lipinski definition) is 2. The number of aliphatic hydroxyl groups excluding tert-OH is 2. The van der Waals surface area contributed by atoms with Crippen LogP contribution in [0.5, 0.6) is 0 Å². The number of nitrogens with zero attached hydrogens (tertiary/aromatic N) is 4. The molecule has 0 aliphatic carbocycles. The van der Waals surface area contributed by atoms with Gasteiger partial charge in [0.2, 0.25) is 0 Å². The van der Waals surface area contributed by atoms with Crippen molar-refractivity contribution in [1.29, 1.82) is 0 Å². The summed E-state index contributed by atoms with van der Waals surface area (Å²) in [6.07, 6.45) is 15.0. The maximum Gasteiger partial charge on any atom is 0.282 e. The van der Waals surface area contributed by atoms with E-state index in [-0.39, 0.29) is 0 Å². The summed E-state index contributed by atoms with van der Waals surface area (Å²) < 4.78 is 28.5. The van der Waals surface area contributed by atoms with Gasteiger partial charge in [0, 0.05) is 99.7 Å². The van der Waals surface area contributed by atoms with Crippen LogP contribution in [-0.2, 0) is 22.6 Å². The largest absolute Gasteiger partial charge is 0.461 e. The van der Waals surface area contributed by atoms with Gasteiger partial charge in [-0.2, -0.15) is 0 Å². The van der Waals surface area contributed by atoms with Crippen molar-refractivity contribution in [2.45, 2.75) is 26.9 Å². The van der Waals surface area contributed by atoms with Crippen molar-refractivity contribution in [1.82, 2.24) is 4.57 Å². The van der Waals surface area contributed by atoms with Crippen LogP contribution in [0.4, 0.5) is 11.4 Å². The van der Waals surface area contributed by atoms with Gasteiger partial charge < -0.3 is 38.3 Å². The van der Waals surface area contributed by atoms with Crippen molar-refractivity contribution in [3.63, 3.8) is 0 Å². The van der Waals surface area contributed by atoms with Gasteiger partial charge in [-0.05, 0) is 38.1 Å². The molecule has 286 valence electrons. The molecule has 0 saturated carbocycles. The average Bonchev–Trinajstić information content (AvgIpc) is 3.98. The number of fused-ring (bicyclic) bond motifs is 8. The Kier molecular flexibility index (Phi) is 10.9. The summed E-state index contributed by atoms with van der Waals surface area (Å²) in [5.41, 5.74) is 7.41. The number of aryl methyl sites for hydroxylation is 1. The zero-order chi connectivity index (χ0) is 40.6. The number of furan rings is 2. The summed E-state index contributed by atoms with van der Waals surface area (Å²) in [5, 5.41) is 21.4. The maximum absolute atomic E-state index is 8.63. The fourth-order valence-corrected chi connectivity index (χ4v) is 7.54. The van der Waals surface area contributed by atoms with E-state index < -0.39 is 0 Å². The van der Waals surface area contributed by atoms with Gasteiger partial charge in [-0.25, -0.2) is 9.13 Å². The molecule has 0 atom stereocenters. The number of aliphatic hydroxyl groups is 2. The van der Waals surface area contributed by atoms with E-state index in [4.69, 9.17) is 28.5 Å². The molecule has 4 heterocycles. The van der Waals surface area contributed by atoms with Crippen LogP contribution in [0.1, 0.15) is 19.7 Å². The summed E-state index contributed by atoms with van der Waals surface area (Å²) in [6, 6.07) is 24.7. The molecule has 0 fully saturated rings. The van der Waals surface area contributed by atoms with Crippen LogP contribution in [-0.4, -0.2) is 41.1 Å². The number of anilines is 2. The van der Waals surface area contributed by atoms with Crippen molar-refractivity contribution in [2.75, 3.05) is 36.1 Å². The maximum atomic E-state index is 8.63. The second-order valence-electron chi connectivity index (χ2n) is 13.0. The van der Waals surface area contributed by atoms with Gasteiger partial charge in [-0.15, -0.1) is 0 Å². The Morgan fingerprint density at radius 3 is 1.92 bits per heavy atom. The Bertz CT molecular complexity index is 3240. The molecule has 0 unspecified atom stereocenters. The van der Waals surface area contributed by atoms with E-state index in [0.717, 1.165) is 77.9 Å². The normalized spacial score (nSPS) is 12.2. The Labute approximate surface area is 340 Å². The molecule has 3 aromatic heterocycles. The molecular formula is C49H35N4O6+. The van der Waals surface area contributed by atoms with Gasteiger partial charge in [0.25, 0.3) is 5.82 Å². The molecule has 0 bridgehead atoms. The van der Waals surface area contributed by atoms with Gasteiger partial charge in [0.15, 0.2) is 11.0 Å². The lowest BCUT2D eigenvalue weighted by atomic mass is 10.1. The van der Waals surface area contributed by atoms with Gasteiger partial charge in [0.1, 0.15) is 72.3 Å². The highest BCUT2D eigenvalue weighted by atomic mass is 16.5. The summed E-state index contributed by atoms with van der Waals surface area (Å²) in [7, 11) is 0. The first-order valence-corrected chi connectivity index (χ1v) is 18.9. The van der Waals surface area contributed by atoms with Crippen LogP contribution < -0.4 is 14.4 Å². The van der Waals surface area contributed by atoms with Crippen LogP contribution in [0, 0.1) is 71.8 Å². The molecule has 1 aliphatic heterocycles. The number of ether oxygens (including phenoxy) is 2. The first-order chi connectivity index (χ1) is 29.1. The molecule has 0 saturated heterocycles. The third kappa shape index (κ3) is 7.35. The van der Waals surface area contributed by atoms with Gasteiger partial charge in [-0.1, -0.05) is 42.5 Å². The van der Waals surface area contributed by atoms with E-state index in [0.29, 0.717) is 39.4 Å². The summed E-state index contributed by atoms with van der Waals surface area (Å²) >= 11 is 0. The average molecular weight is 776 g/mol. The van der Waals surface area contributed by atoms with Gasteiger partial charge in [-0.3, -0.25) is 0 Å². The Morgan fingerprint density at radius 1 is 0.644 bits per heavy atom. The topological polar surface area (TPSA) is 100 Å². The van der Waals surface area contributed by atoms with E-state index in [1.54, 1.807) is 12.2 Å². The lowest BCUT2D eigenvalue weighted by Gasteiger charge is -2.24. The molecule has 59 heavy (non-hydrogen) atoms. The third-order valence-corrected chi connectivity index (χ3v) is 9.91. The highest BCUT2D eigenvalue weighted by Gasteiger charge is 2.32. The molecular weight excluding hydrogens is 741 g/mol. The highest BCUT2D eigenvalue weighted by Crippen LogP contribution is 2.46. The monoisotopic (exact) mass is 775 g/mol. The number of para-hydroxylation sites is 2. The Balaban J connectivity index is 1.19. The number of imidazole rings is 1. The second-order valence-corrected chi connectivity index (χ2v) is 13.0. The molecule has 2 N–H and O–H groups in total. The summed E-state index contributed by atoms with van der Waals surface area (Å²) in [6.45, 7) is 7.25. The van der Waals surface area contributed by atoms with Crippen molar-refractivity contribution in [3.05, 3.63) is 96.6 Å². The predicted molar refractivity (Wildman–Crippen MR) is 229 cm³/mol. The molecule has 0 radical (unpaired) electrons. The van der Waals surface area contributed by atoms with Crippen molar-refractivity contribution in [3.8, 4) is 71.8 Å². The minimum Gasteiger partial charge on any atom is -0.461 e. The van der Waals surface area contributed by atoms with Crippen molar-refractivity contribution >= 4 is 72.4 Å². The lowest BCUT2D eigenvalue weighted by Crippen LogP contribution is -2.38. The van der Waals surface area contributed by atoms with Gasteiger partial charge >= 0.3 is 0 Å². The molecule has 4 aromatic carbocycles. The van der Waals surface area contributed by atoms with Crippen LogP contribution >= 0.6 is 0 Å². The van der Waals surface area contributed by atoms with E-state index >= 15 is 0 Å². The number of allylic oxidation sites excluding steroid dienone is 2. The van der Waals surface area contributed by atoms with Crippen molar-refractivity contribution < 1.29 is 33.1 Å². The third-order valence-electron chi connectivity index (χ3n) is 9.91. The molecule has 0 spiro atoms. The standard InChI is InChI=1S/C49H34N4O6/c1-3-50-42-34-46-38(36-18-9-11-20-44(36)58-46)32-40(42)52(24-30-56-28-15-7-5-13-26-54)48(50)22-17-23-49-51(4-2)43-35-47-39(37-19-10-12-21-45(37)59-47)33-41(43)53(49)25-31-57-29-16-8-6-14-27-55/h9-12,17-23,32-35H,3-4,24-25,30-31H2,1-2H3,(H-,54,55)/p+1. The molecule has 8 rings (SSSR count). The van der Waals surface area contributed by atoms with Crippen LogP contribution in [0.25, 0.3) is 61.0 Å². The zero-order valence-corrected chi connectivity index (χ0v) is 32.2. The van der Waals surface area contributed by atoms with Crippen LogP contribution in [0.15, 0.2) is 99.6 Å². The zero-order valence-electron chi connectivity index (χ0n) is 32.2. The molecule has 0 amide bonds.